The summed E-state index contributed by atoms with van der Waals surface area (Å²) in [7, 11) is 0. The normalized spacial score (nSPS) is 34.7. The molecule has 1 aliphatic heterocycles. The molecule has 1 rings (SSSR count). The largest absolute Gasteiger partial charge is 0.463 e. The molecule has 0 bridgehead atoms. The highest BCUT2D eigenvalue weighted by molar-refractivity contribution is 14.1. The van der Waals surface area contributed by atoms with Crippen molar-refractivity contribution < 1.29 is 23.8 Å². The third-order valence-electron chi connectivity index (χ3n) is 3.23. The van der Waals surface area contributed by atoms with E-state index in [1.165, 1.54) is 13.8 Å². The molecule has 1 N–H and O–H groups in total. The molecule has 0 saturated carbocycles. The van der Waals surface area contributed by atoms with Crippen LogP contribution in [0.4, 0.5) is 0 Å². The fourth-order valence-electron chi connectivity index (χ4n) is 2.20. The number of hydrogen-bond acceptors (Lipinski definition) is 6. The van der Waals surface area contributed by atoms with Gasteiger partial charge < -0.3 is 14.2 Å². The van der Waals surface area contributed by atoms with Crippen molar-refractivity contribution >= 4 is 34.8 Å². The van der Waals surface area contributed by atoms with Crippen LogP contribution >= 0.6 is 22.9 Å². The standard InChI is InChI=1S/C12H20INO5/c1-6-10(5-17-8(3)15)18-7(2)11(14-13)12(6)19-9(4)16/h6-7,10-12,14H,5H2,1-4H3. The summed E-state index contributed by atoms with van der Waals surface area (Å²) in [6, 6.07) is -0.0897. The van der Waals surface area contributed by atoms with Gasteiger partial charge in [-0.3, -0.25) is 13.1 Å². The topological polar surface area (TPSA) is 73.9 Å². The van der Waals surface area contributed by atoms with Crippen LogP contribution in [0.25, 0.3) is 0 Å². The molecule has 110 valence electrons. The van der Waals surface area contributed by atoms with Gasteiger partial charge in [0.1, 0.15) is 12.7 Å². The number of ether oxygens (including phenoxy) is 3. The summed E-state index contributed by atoms with van der Waals surface area (Å²) in [5.41, 5.74) is 0. The Morgan fingerprint density at radius 1 is 1.26 bits per heavy atom. The molecule has 0 spiro atoms. The van der Waals surface area contributed by atoms with Crippen molar-refractivity contribution in [3.05, 3.63) is 0 Å². The van der Waals surface area contributed by atoms with E-state index < -0.39 is 0 Å². The molecule has 5 atom stereocenters. The number of carbonyl (C=O) groups excluding carboxylic acids is 2. The molecule has 0 aliphatic carbocycles. The summed E-state index contributed by atoms with van der Waals surface area (Å²) in [4.78, 5) is 22.1. The van der Waals surface area contributed by atoms with Crippen molar-refractivity contribution in [2.45, 2.75) is 52.0 Å². The number of esters is 2. The SMILES string of the molecule is CC(=O)OCC1OC(C)C(NI)C(OC(C)=O)C1C. The Morgan fingerprint density at radius 3 is 2.37 bits per heavy atom. The molecule has 1 saturated heterocycles. The van der Waals surface area contributed by atoms with Crippen LogP contribution in [0.3, 0.4) is 0 Å². The second kappa shape index (κ2) is 7.39. The number of hydrogen-bond donors (Lipinski definition) is 1. The predicted molar refractivity (Wildman–Crippen MR) is 76.6 cm³/mol. The Hall–Kier alpha value is -0.410. The highest BCUT2D eigenvalue weighted by atomic mass is 127. The molecular formula is C12H20INO5. The molecule has 0 radical (unpaired) electrons. The fraction of sp³-hybridized carbons (Fsp3) is 0.833. The first-order valence-corrected chi connectivity index (χ1v) is 7.26. The molecular weight excluding hydrogens is 365 g/mol. The van der Waals surface area contributed by atoms with E-state index in [9.17, 15) is 9.59 Å². The van der Waals surface area contributed by atoms with Crippen LogP contribution in [0, 0.1) is 5.92 Å². The number of halogens is 1. The van der Waals surface area contributed by atoms with Crippen LogP contribution in [-0.2, 0) is 23.8 Å². The molecule has 7 heteroatoms. The molecule has 0 aromatic rings. The lowest BCUT2D eigenvalue weighted by molar-refractivity contribution is -0.187. The van der Waals surface area contributed by atoms with E-state index in [2.05, 4.69) is 3.53 Å². The van der Waals surface area contributed by atoms with E-state index in [4.69, 9.17) is 14.2 Å². The summed E-state index contributed by atoms with van der Waals surface area (Å²) in [6.07, 6.45) is -0.721. The van der Waals surface area contributed by atoms with Gasteiger partial charge in [-0.15, -0.1) is 0 Å². The van der Waals surface area contributed by atoms with E-state index in [-0.39, 0.29) is 48.8 Å². The van der Waals surface area contributed by atoms with Crippen molar-refractivity contribution in [2.75, 3.05) is 6.61 Å². The molecule has 19 heavy (non-hydrogen) atoms. The first kappa shape index (κ1) is 16.6. The third kappa shape index (κ3) is 4.57. The molecule has 1 fully saturated rings. The maximum atomic E-state index is 11.2. The summed E-state index contributed by atoms with van der Waals surface area (Å²) in [5.74, 6) is -0.734. The number of carbonyl (C=O) groups is 2. The zero-order valence-corrected chi connectivity index (χ0v) is 13.7. The Kier molecular flexibility index (Phi) is 6.48. The third-order valence-corrected chi connectivity index (χ3v) is 3.95. The van der Waals surface area contributed by atoms with Crippen molar-refractivity contribution in [1.29, 1.82) is 0 Å². The zero-order chi connectivity index (χ0) is 14.6. The number of nitrogens with one attached hydrogen (secondary N) is 1. The highest BCUT2D eigenvalue weighted by Crippen LogP contribution is 2.29. The minimum atomic E-state index is -0.346. The molecule has 1 aliphatic rings. The molecule has 0 aromatic carbocycles. The first-order valence-electron chi connectivity index (χ1n) is 6.19. The van der Waals surface area contributed by atoms with Crippen LogP contribution in [0.15, 0.2) is 0 Å². The summed E-state index contributed by atoms with van der Waals surface area (Å²) in [5, 5.41) is 0. The Balaban J connectivity index is 2.77. The second-order valence-electron chi connectivity index (χ2n) is 4.75. The van der Waals surface area contributed by atoms with Gasteiger partial charge in [0.15, 0.2) is 0 Å². The maximum Gasteiger partial charge on any atom is 0.302 e. The average Bonchev–Trinajstić information content (AvgIpc) is 2.31. The van der Waals surface area contributed by atoms with Crippen molar-refractivity contribution in [3.63, 3.8) is 0 Å². The van der Waals surface area contributed by atoms with E-state index in [1.807, 2.05) is 36.7 Å². The highest BCUT2D eigenvalue weighted by Gasteiger charge is 2.43. The van der Waals surface area contributed by atoms with E-state index in [0.717, 1.165) is 0 Å². The van der Waals surface area contributed by atoms with Crippen LogP contribution in [-0.4, -0.2) is 42.9 Å². The Labute approximate surface area is 127 Å². The van der Waals surface area contributed by atoms with E-state index in [1.54, 1.807) is 0 Å². The lowest BCUT2D eigenvalue weighted by atomic mass is 9.87. The van der Waals surface area contributed by atoms with Crippen molar-refractivity contribution in [3.8, 4) is 0 Å². The van der Waals surface area contributed by atoms with Gasteiger partial charge in [-0.25, -0.2) is 0 Å². The van der Waals surface area contributed by atoms with Crippen LogP contribution in [0.2, 0.25) is 0 Å². The van der Waals surface area contributed by atoms with E-state index in [0.29, 0.717) is 0 Å². The fourth-order valence-corrected chi connectivity index (χ4v) is 3.06. The van der Waals surface area contributed by atoms with Gasteiger partial charge in [0.2, 0.25) is 0 Å². The molecule has 5 unspecified atom stereocenters. The van der Waals surface area contributed by atoms with Gasteiger partial charge in [-0.2, -0.15) is 0 Å². The molecule has 0 amide bonds. The van der Waals surface area contributed by atoms with Crippen LogP contribution < -0.4 is 3.53 Å². The zero-order valence-electron chi connectivity index (χ0n) is 11.5. The van der Waals surface area contributed by atoms with Gasteiger partial charge >= 0.3 is 11.9 Å². The lowest BCUT2D eigenvalue weighted by Gasteiger charge is -2.43. The minimum Gasteiger partial charge on any atom is -0.463 e. The average molecular weight is 385 g/mol. The van der Waals surface area contributed by atoms with Gasteiger partial charge in [0.25, 0.3) is 0 Å². The molecule has 1 heterocycles. The summed E-state index contributed by atoms with van der Waals surface area (Å²) < 4.78 is 19.3. The van der Waals surface area contributed by atoms with Gasteiger partial charge in [-0.05, 0) is 6.92 Å². The smallest absolute Gasteiger partial charge is 0.302 e. The maximum absolute atomic E-state index is 11.2. The van der Waals surface area contributed by atoms with Crippen molar-refractivity contribution in [2.24, 2.45) is 5.92 Å². The van der Waals surface area contributed by atoms with Gasteiger partial charge in [0.05, 0.1) is 18.2 Å². The van der Waals surface area contributed by atoms with Gasteiger partial charge in [-0.1, -0.05) is 6.92 Å². The monoisotopic (exact) mass is 385 g/mol. The Bertz CT molecular complexity index is 338. The molecule has 6 nitrogen and oxygen atoms in total. The minimum absolute atomic E-state index is 0.0632. The lowest BCUT2D eigenvalue weighted by Crippen LogP contribution is -2.58. The first-order chi connectivity index (χ1) is 8.86. The second-order valence-corrected chi connectivity index (χ2v) is 5.37. The summed E-state index contributed by atoms with van der Waals surface area (Å²) in [6.45, 7) is 6.74. The molecule has 0 aromatic heterocycles. The van der Waals surface area contributed by atoms with Gasteiger partial charge in [0, 0.05) is 42.6 Å². The van der Waals surface area contributed by atoms with E-state index >= 15 is 0 Å². The predicted octanol–water partition coefficient (Wildman–Crippen LogP) is 1.21. The summed E-state index contributed by atoms with van der Waals surface area (Å²) >= 11 is 2.03. The number of rotatable bonds is 4. The van der Waals surface area contributed by atoms with Crippen molar-refractivity contribution in [1.82, 2.24) is 3.53 Å². The Morgan fingerprint density at radius 2 is 1.89 bits per heavy atom. The van der Waals surface area contributed by atoms with Crippen LogP contribution in [0.1, 0.15) is 27.7 Å². The van der Waals surface area contributed by atoms with Crippen LogP contribution in [0.5, 0.6) is 0 Å². The quantitative estimate of drug-likeness (QED) is 0.446.